The number of nitrogens with one attached hydrogen (secondary N) is 1. The molecule has 0 aliphatic carbocycles. The van der Waals surface area contributed by atoms with E-state index in [1.165, 1.54) is 0 Å². The summed E-state index contributed by atoms with van der Waals surface area (Å²) < 4.78 is 9.66. The lowest BCUT2D eigenvalue weighted by molar-refractivity contribution is -0.147. The van der Waals surface area contributed by atoms with Crippen LogP contribution in [-0.4, -0.2) is 41.9 Å². The zero-order valence-electron chi connectivity index (χ0n) is 10.8. The number of carbonyl (C=O) groups is 3. The molecule has 0 unspecified atom stereocenters. The first-order chi connectivity index (χ1) is 8.20. The van der Waals surface area contributed by atoms with E-state index in [-0.39, 0.29) is 26.0 Å². The zero-order chi connectivity index (χ0) is 14.2. The Kier molecular flexibility index (Phi) is 6.77. The zero-order valence-corrected chi connectivity index (χ0v) is 10.8. The van der Waals surface area contributed by atoms with Crippen LogP contribution in [0.2, 0.25) is 0 Å². The molecule has 7 heteroatoms. The highest BCUT2D eigenvalue weighted by Gasteiger charge is 2.15. The molecule has 0 rings (SSSR count). The first-order valence-corrected chi connectivity index (χ1v) is 5.55. The van der Waals surface area contributed by atoms with Crippen LogP contribution in [0.4, 0.5) is 4.79 Å². The van der Waals surface area contributed by atoms with E-state index in [4.69, 9.17) is 14.6 Å². The van der Waals surface area contributed by atoms with Crippen molar-refractivity contribution in [3.63, 3.8) is 0 Å². The van der Waals surface area contributed by atoms with E-state index in [9.17, 15) is 14.4 Å². The number of aliphatic carboxylic acids is 1. The van der Waals surface area contributed by atoms with Crippen LogP contribution in [0.5, 0.6) is 0 Å². The van der Waals surface area contributed by atoms with E-state index in [1.54, 1.807) is 20.8 Å². The minimum atomic E-state index is -1.06. The molecule has 2 N–H and O–H groups in total. The normalized spacial score (nSPS) is 10.6. The van der Waals surface area contributed by atoms with Crippen LogP contribution >= 0.6 is 0 Å². The van der Waals surface area contributed by atoms with Crippen LogP contribution in [0.25, 0.3) is 0 Å². The number of rotatable bonds is 6. The molecule has 0 saturated heterocycles. The van der Waals surface area contributed by atoms with Crippen LogP contribution in [0.15, 0.2) is 0 Å². The van der Waals surface area contributed by atoms with E-state index in [2.05, 4.69) is 5.32 Å². The number of amides is 1. The molecular weight excluding hydrogens is 242 g/mol. The van der Waals surface area contributed by atoms with E-state index < -0.39 is 23.6 Å². The van der Waals surface area contributed by atoms with Gasteiger partial charge in [-0.25, -0.2) is 4.79 Å². The number of alkyl carbamates (subject to hydrolysis) is 1. The molecule has 0 bridgehead atoms. The van der Waals surface area contributed by atoms with Crippen molar-refractivity contribution in [1.82, 2.24) is 5.32 Å². The van der Waals surface area contributed by atoms with Crippen LogP contribution < -0.4 is 5.32 Å². The summed E-state index contributed by atoms with van der Waals surface area (Å²) in [6.07, 6.45) is -1.04. The summed E-state index contributed by atoms with van der Waals surface area (Å²) in [5.41, 5.74) is -0.581. The van der Waals surface area contributed by atoms with Gasteiger partial charge >= 0.3 is 18.0 Å². The molecule has 104 valence electrons. The molecule has 0 saturated carbocycles. The van der Waals surface area contributed by atoms with Crippen LogP contribution in [0.3, 0.4) is 0 Å². The summed E-state index contributed by atoms with van der Waals surface area (Å²) in [5, 5.41) is 10.7. The lowest BCUT2D eigenvalue weighted by Crippen LogP contribution is -2.34. The topological polar surface area (TPSA) is 102 Å². The summed E-state index contributed by atoms with van der Waals surface area (Å²) in [4.78, 5) is 32.3. The van der Waals surface area contributed by atoms with E-state index >= 15 is 0 Å². The summed E-state index contributed by atoms with van der Waals surface area (Å²) in [6, 6.07) is 0. The fraction of sp³-hybridized carbons (Fsp3) is 0.727. The van der Waals surface area contributed by atoms with Gasteiger partial charge in [-0.15, -0.1) is 0 Å². The van der Waals surface area contributed by atoms with Gasteiger partial charge in [0, 0.05) is 0 Å². The maximum atomic E-state index is 11.2. The van der Waals surface area contributed by atoms with Crippen LogP contribution in [0, 0.1) is 0 Å². The molecule has 0 atom stereocenters. The maximum Gasteiger partial charge on any atom is 0.407 e. The third-order valence-corrected chi connectivity index (χ3v) is 1.58. The highest BCUT2D eigenvalue weighted by Crippen LogP contribution is 2.06. The second-order valence-corrected chi connectivity index (χ2v) is 4.54. The van der Waals surface area contributed by atoms with Gasteiger partial charge in [-0.1, -0.05) is 0 Å². The molecule has 0 aromatic heterocycles. The molecule has 0 spiro atoms. The van der Waals surface area contributed by atoms with Crippen molar-refractivity contribution in [3.8, 4) is 0 Å². The van der Waals surface area contributed by atoms with E-state index in [0.717, 1.165) is 0 Å². The second-order valence-electron chi connectivity index (χ2n) is 4.54. The molecule has 0 aromatic rings. The summed E-state index contributed by atoms with van der Waals surface area (Å²) in [5.74, 6) is -1.66. The molecule has 0 heterocycles. The number of carboxylic acids is 1. The third kappa shape index (κ3) is 10.7. The van der Waals surface area contributed by atoms with Gasteiger partial charge in [0.1, 0.15) is 12.2 Å². The predicted molar refractivity (Wildman–Crippen MR) is 62.1 cm³/mol. The predicted octanol–water partition coefficient (Wildman–Crippen LogP) is 0.919. The largest absolute Gasteiger partial charge is 0.481 e. The Labute approximate surface area is 105 Å². The molecule has 0 radical (unpaired) electrons. The van der Waals surface area contributed by atoms with Gasteiger partial charge in [-0.3, -0.25) is 9.59 Å². The Morgan fingerprint density at radius 2 is 1.78 bits per heavy atom. The van der Waals surface area contributed by atoms with Gasteiger partial charge in [-0.05, 0) is 20.8 Å². The van der Waals surface area contributed by atoms with Gasteiger partial charge in [-0.2, -0.15) is 0 Å². The Bertz CT molecular complexity index is 307. The van der Waals surface area contributed by atoms with Gasteiger partial charge in [0.25, 0.3) is 0 Å². The molecule has 1 amide bonds. The van der Waals surface area contributed by atoms with E-state index in [1.807, 2.05) is 0 Å². The van der Waals surface area contributed by atoms with Crippen molar-refractivity contribution in [3.05, 3.63) is 0 Å². The summed E-state index contributed by atoms with van der Waals surface area (Å²) >= 11 is 0. The minimum absolute atomic E-state index is 0.0162. The Morgan fingerprint density at radius 1 is 1.17 bits per heavy atom. The number of carbonyl (C=O) groups excluding carboxylic acids is 2. The summed E-state index contributed by atoms with van der Waals surface area (Å²) in [7, 11) is 0. The van der Waals surface area contributed by atoms with Gasteiger partial charge < -0.3 is 19.9 Å². The standard InChI is InChI=1S/C11H19NO6/c1-11(2,3)18-10(16)12-6-7-17-9(15)5-4-8(13)14/h4-7H2,1-3H3,(H,12,16)(H,13,14). The van der Waals surface area contributed by atoms with Crippen molar-refractivity contribution in [2.24, 2.45) is 0 Å². The molecule has 0 aromatic carbocycles. The highest BCUT2D eigenvalue weighted by molar-refractivity contribution is 5.76. The van der Waals surface area contributed by atoms with Crippen molar-refractivity contribution in [2.45, 2.75) is 39.2 Å². The fourth-order valence-corrected chi connectivity index (χ4v) is 0.913. The van der Waals surface area contributed by atoms with Crippen LogP contribution in [-0.2, 0) is 19.1 Å². The van der Waals surface area contributed by atoms with Crippen molar-refractivity contribution in [2.75, 3.05) is 13.2 Å². The SMILES string of the molecule is CC(C)(C)OC(=O)NCCOC(=O)CCC(=O)O. The molecule has 0 fully saturated rings. The number of carboxylic acid groups (broad SMARTS) is 1. The smallest absolute Gasteiger partial charge is 0.407 e. The monoisotopic (exact) mass is 261 g/mol. The van der Waals surface area contributed by atoms with Crippen molar-refractivity contribution < 1.29 is 29.0 Å². The van der Waals surface area contributed by atoms with Gasteiger partial charge in [0.15, 0.2) is 0 Å². The van der Waals surface area contributed by atoms with E-state index in [0.29, 0.717) is 0 Å². The number of hydrogen-bond donors (Lipinski definition) is 2. The molecule has 0 aliphatic heterocycles. The van der Waals surface area contributed by atoms with Crippen molar-refractivity contribution in [1.29, 1.82) is 0 Å². The molecule has 7 nitrogen and oxygen atoms in total. The average molecular weight is 261 g/mol. The molecule has 18 heavy (non-hydrogen) atoms. The lowest BCUT2D eigenvalue weighted by Gasteiger charge is -2.19. The molecular formula is C11H19NO6. The van der Waals surface area contributed by atoms with Gasteiger partial charge in [0.05, 0.1) is 19.4 Å². The highest BCUT2D eigenvalue weighted by atomic mass is 16.6. The first kappa shape index (κ1) is 16.2. The average Bonchev–Trinajstić information content (AvgIpc) is 2.19. The molecule has 0 aliphatic rings. The Morgan fingerprint density at radius 3 is 2.28 bits per heavy atom. The number of esters is 1. The Hall–Kier alpha value is -1.79. The Balaban J connectivity index is 3.59. The van der Waals surface area contributed by atoms with Crippen molar-refractivity contribution >= 4 is 18.0 Å². The first-order valence-electron chi connectivity index (χ1n) is 5.55. The lowest BCUT2D eigenvalue weighted by atomic mass is 10.2. The second kappa shape index (κ2) is 7.52. The minimum Gasteiger partial charge on any atom is -0.481 e. The quantitative estimate of drug-likeness (QED) is 0.544. The fourth-order valence-electron chi connectivity index (χ4n) is 0.913. The summed E-state index contributed by atoms with van der Waals surface area (Å²) in [6.45, 7) is 5.31. The number of ether oxygens (including phenoxy) is 2. The van der Waals surface area contributed by atoms with Gasteiger partial charge in [0.2, 0.25) is 0 Å². The van der Waals surface area contributed by atoms with Crippen LogP contribution in [0.1, 0.15) is 33.6 Å². The maximum absolute atomic E-state index is 11.2. The number of hydrogen-bond acceptors (Lipinski definition) is 5. The third-order valence-electron chi connectivity index (χ3n) is 1.58.